The standard InChI is InChI=1S/C31H24N8O6S.Na/c32-26-16-27(33)29(39-36-22-9-12-24(13-10-22)46(43,44)45)17-28(26)38-35-21-7-3-19(4-8-21)18-1-5-20(6-2-18)34-37-23-11-14-30(40)25(15-23)31(41)42;/h1-17,40H,32-33H2,(H,41,42)(H,43,44,45);/q;+1. The van der Waals surface area contributed by atoms with E-state index in [1.807, 2.05) is 24.3 Å². The Morgan fingerprint density at radius 1 is 0.574 bits per heavy atom. The molecule has 0 aliphatic heterocycles. The van der Waals surface area contributed by atoms with Crippen LogP contribution < -0.4 is 41.0 Å². The molecule has 0 bridgehead atoms. The number of hydrogen-bond donors (Lipinski definition) is 5. The van der Waals surface area contributed by atoms with Gasteiger partial charge in [-0.3, -0.25) is 4.55 Å². The van der Waals surface area contributed by atoms with E-state index in [9.17, 15) is 18.3 Å². The van der Waals surface area contributed by atoms with Crippen LogP contribution in [0.2, 0.25) is 0 Å². The monoisotopic (exact) mass is 659 g/mol. The Morgan fingerprint density at radius 2 is 0.979 bits per heavy atom. The molecule has 7 N–H and O–H groups in total. The van der Waals surface area contributed by atoms with Crippen molar-refractivity contribution in [1.29, 1.82) is 0 Å². The Morgan fingerprint density at radius 3 is 1.43 bits per heavy atom. The molecule has 230 valence electrons. The molecular formula is C31H24N8NaO6S+. The van der Waals surface area contributed by atoms with E-state index >= 15 is 0 Å². The number of nitrogens with zero attached hydrogens (tertiary/aromatic N) is 6. The summed E-state index contributed by atoms with van der Waals surface area (Å²) in [7, 11) is -4.32. The van der Waals surface area contributed by atoms with Crippen LogP contribution in [0.25, 0.3) is 11.1 Å². The predicted molar refractivity (Wildman–Crippen MR) is 171 cm³/mol. The van der Waals surface area contributed by atoms with Crippen LogP contribution >= 0.6 is 0 Å². The number of hydrogen-bond acceptors (Lipinski definition) is 12. The number of aromatic carboxylic acids is 1. The van der Waals surface area contributed by atoms with Gasteiger partial charge in [0, 0.05) is 0 Å². The molecule has 0 spiro atoms. The second kappa shape index (κ2) is 14.8. The molecule has 0 aliphatic rings. The number of azo groups is 3. The smallest absolute Gasteiger partial charge is 0.507 e. The molecule has 0 heterocycles. The van der Waals surface area contributed by atoms with E-state index in [1.165, 1.54) is 54.6 Å². The first-order chi connectivity index (χ1) is 22.0. The summed E-state index contributed by atoms with van der Waals surface area (Å²) in [6, 6.07) is 26.6. The van der Waals surface area contributed by atoms with Gasteiger partial charge in [0.1, 0.15) is 22.7 Å². The average molecular weight is 660 g/mol. The third-order valence-electron chi connectivity index (χ3n) is 6.42. The average Bonchev–Trinajstić information content (AvgIpc) is 3.03. The normalized spacial score (nSPS) is 11.7. The maximum Gasteiger partial charge on any atom is 1.00 e. The first kappa shape index (κ1) is 34.6. The van der Waals surface area contributed by atoms with Gasteiger partial charge in [-0.2, -0.15) is 28.9 Å². The third-order valence-corrected chi connectivity index (χ3v) is 7.28. The Labute approximate surface area is 290 Å². The van der Waals surface area contributed by atoms with E-state index in [0.717, 1.165) is 11.1 Å². The molecule has 0 fully saturated rings. The summed E-state index contributed by atoms with van der Waals surface area (Å²) in [6.07, 6.45) is 0. The Hall–Kier alpha value is -5.32. The summed E-state index contributed by atoms with van der Waals surface area (Å²) >= 11 is 0. The number of carboxylic acids is 1. The maximum absolute atomic E-state index is 11.2. The first-order valence-electron chi connectivity index (χ1n) is 13.2. The van der Waals surface area contributed by atoms with Crippen LogP contribution in [0.4, 0.5) is 45.5 Å². The van der Waals surface area contributed by atoms with Crippen LogP contribution in [-0.4, -0.2) is 29.2 Å². The minimum absolute atomic E-state index is 0. The van der Waals surface area contributed by atoms with Crippen LogP contribution in [0.3, 0.4) is 0 Å². The first-order valence-corrected chi connectivity index (χ1v) is 14.7. The van der Waals surface area contributed by atoms with Gasteiger partial charge in [-0.1, -0.05) is 24.3 Å². The number of phenols is 1. The molecule has 5 rings (SSSR count). The van der Waals surface area contributed by atoms with Gasteiger partial charge in [0.15, 0.2) is 0 Å². The molecule has 47 heavy (non-hydrogen) atoms. The number of rotatable bonds is 9. The summed E-state index contributed by atoms with van der Waals surface area (Å²) in [5.41, 5.74) is 16.5. The van der Waals surface area contributed by atoms with Gasteiger partial charge in [0.25, 0.3) is 10.1 Å². The zero-order valence-corrected chi connectivity index (χ0v) is 27.4. The summed E-state index contributed by atoms with van der Waals surface area (Å²) in [6.45, 7) is 0. The predicted octanol–water partition coefficient (Wildman–Crippen LogP) is 5.42. The Balaban J connectivity index is 0.00000500. The zero-order chi connectivity index (χ0) is 32.8. The van der Waals surface area contributed by atoms with E-state index in [2.05, 4.69) is 30.7 Å². The molecule has 0 saturated heterocycles. The van der Waals surface area contributed by atoms with Gasteiger partial charge in [-0.25, -0.2) is 4.79 Å². The molecule has 0 unspecified atom stereocenters. The minimum atomic E-state index is -4.32. The van der Waals surface area contributed by atoms with Crippen molar-refractivity contribution in [1.82, 2.24) is 0 Å². The molecule has 0 aromatic heterocycles. The molecule has 5 aromatic rings. The van der Waals surface area contributed by atoms with Crippen molar-refractivity contribution in [2.75, 3.05) is 11.5 Å². The zero-order valence-electron chi connectivity index (χ0n) is 24.6. The van der Waals surface area contributed by atoms with Crippen LogP contribution in [-0.2, 0) is 10.1 Å². The van der Waals surface area contributed by atoms with E-state index in [4.69, 9.17) is 21.1 Å². The number of benzene rings is 5. The van der Waals surface area contributed by atoms with Gasteiger partial charge in [0.05, 0.1) is 39.0 Å². The van der Waals surface area contributed by atoms with Crippen molar-refractivity contribution in [2.24, 2.45) is 30.7 Å². The van der Waals surface area contributed by atoms with Gasteiger partial charge < -0.3 is 21.7 Å². The molecule has 14 nitrogen and oxygen atoms in total. The van der Waals surface area contributed by atoms with Gasteiger partial charge in [0.2, 0.25) is 0 Å². The molecule has 0 amide bonds. The number of nitrogens with two attached hydrogens (primary N) is 2. The number of carbonyl (C=O) groups is 1. The molecule has 0 atom stereocenters. The van der Waals surface area contributed by atoms with Crippen molar-refractivity contribution in [3.05, 3.63) is 109 Å². The van der Waals surface area contributed by atoms with E-state index < -0.39 is 16.1 Å². The minimum Gasteiger partial charge on any atom is -0.507 e. The Bertz CT molecular complexity index is 2120. The van der Waals surface area contributed by atoms with Crippen LogP contribution in [0.5, 0.6) is 5.75 Å². The topological polar surface area (TPSA) is 238 Å². The largest absolute Gasteiger partial charge is 1.00 e. The third kappa shape index (κ3) is 8.90. The van der Waals surface area contributed by atoms with Gasteiger partial charge >= 0.3 is 35.5 Å². The van der Waals surface area contributed by atoms with Crippen LogP contribution in [0.15, 0.2) is 139 Å². The molecule has 0 aliphatic carbocycles. The van der Waals surface area contributed by atoms with Crippen LogP contribution in [0, 0.1) is 0 Å². The van der Waals surface area contributed by atoms with Gasteiger partial charge in [-0.15, -0.1) is 10.2 Å². The summed E-state index contributed by atoms with van der Waals surface area (Å²) in [5.74, 6) is -1.61. The van der Waals surface area contributed by atoms with Crippen molar-refractivity contribution in [3.63, 3.8) is 0 Å². The van der Waals surface area contributed by atoms with Crippen molar-refractivity contribution < 1.29 is 57.5 Å². The summed E-state index contributed by atoms with van der Waals surface area (Å²) in [5, 5.41) is 43.6. The molecular weight excluding hydrogens is 635 g/mol. The fraction of sp³-hybridized carbons (Fsp3) is 0. The number of carboxylic acid groups (broad SMARTS) is 1. The Kier molecular flexibility index (Phi) is 10.9. The van der Waals surface area contributed by atoms with E-state index in [1.54, 1.807) is 24.3 Å². The van der Waals surface area contributed by atoms with E-state index in [-0.39, 0.29) is 68.5 Å². The molecule has 16 heteroatoms. The fourth-order valence-electron chi connectivity index (χ4n) is 4.01. The maximum atomic E-state index is 11.2. The van der Waals surface area contributed by atoms with Gasteiger partial charge in [-0.05, 0) is 90.0 Å². The van der Waals surface area contributed by atoms with Crippen molar-refractivity contribution in [3.8, 4) is 16.9 Å². The van der Waals surface area contributed by atoms with Crippen molar-refractivity contribution >= 4 is 61.6 Å². The second-order valence-corrected chi connectivity index (χ2v) is 11.1. The fourth-order valence-corrected chi connectivity index (χ4v) is 4.49. The molecule has 0 saturated carbocycles. The van der Waals surface area contributed by atoms with Crippen LogP contribution in [0.1, 0.15) is 10.4 Å². The molecule has 0 radical (unpaired) electrons. The number of anilines is 2. The number of aromatic hydroxyl groups is 1. The molecule has 5 aromatic carbocycles. The quantitative estimate of drug-likeness (QED) is 0.0591. The summed E-state index contributed by atoms with van der Waals surface area (Å²) < 4.78 is 31.5. The summed E-state index contributed by atoms with van der Waals surface area (Å²) in [4.78, 5) is 10.9. The number of nitrogen functional groups attached to an aromatic ring is 2. The SMILES string of the molecule is Nc1cc(N)c(N=Nc2ccc(S(=O)(=O)O)cc2)cc1N=Nc1ccc(-c2ccc(N=Nc3ccc(O)c(C(=O)O)c3)cc2)cc1.[Na+]. The second-order valence-electron chi connectivity index (χ2n) is 9.64. The van der Waals surface area contributed by atoms with E-state index in [0.29, 0.717) is 22.7 Å². The van der Waals surface area contributed by atoms with Crippen molar-refractivity contribution in [2.45, 2.75) is 4.90 Å².